The largest absolute Gasteiger partial charge is 0.468 e. The van der Waals surface area contributed by atoms with Gasteiger partial charge in [0.15, 0.2) is 0 Å². The minimum absolute atomic E-state index is 0.0737. The molecule has 4 nitrogen and oxygen atoms in total. The van der Waals surface area contributed by atoms with Crippen LogP contribution in [0.5, 0.6) is 0 Å². The molecular formula is C16H30N2O2. The van der Waals surface area contributed by atoms with E-state index in [4.69, 9.17) is 4.74 Å². The Labute approximate surface area is 123 Å². The van der Waals surface area contributed by atoms with Gasteiger partial charge in [0.1, 0.15) is 5.54 Å². The third-order valence-electron chi connectivity index (χ3n) is 5.56. The summed E-state index contributed by atoms with van der Waals surface area (Å²) in [5.74, 6) is 1.23. The van der Waals surface area contributed by atoms with Gasteiger partial charge in [0.05, 0.1) is 7.11 Å². The van der Waals surface area contributed by atoms with Crippen LogP contribution in [0.2, 0.25) is 0 Å². The van der Waals surface area contributed by atoms with Crippen molar-refractivity contribution in [3.8, 4) is 0 Å². The zero-order chi connectivity index (χ0) is 14.6. The van der Waals surface area contributed by atoms with Gasteiger partial charge in [-0.05, 0) is 57.7 Å². The molecule has 1 aliphatic heterocycles. The van der Waals surface area contributed by atoms with Gasteiger partial charge < -0.3 is 15.0 Å². The molecule has 2 rings (SSSR count). The van der Waals surface area contributed by atoms with E-state index < -0.39 is 5.54 Å². The molecule has 0 bridgehead atoms. The first kappa shape index (κ1) is 15.8. The highest BCUT2D eigenvalue weighted by Crippen LogP contribution is 2.39. The Kier molecular flexibility index (Phi) is 5.44. The van der Waals surface area contributed by atoms with Crippen LogP contribution in [-0.4, -0.2) is 50.2 Å². The second kappa shape index (κ2) is 6.90. The SMILES string of the molecule is CCC1CCN(CCC2CCCC2(NC)C(=O)OC)C1. The fraction of sp³-hybridized carbons (Fsp3) is 0.938. The molecular weight excluding hydrogens is 252 g/mol. The number of carbonyl (C=O) groups is 1. The van der Waals surface area contributed by atoms with E-state index in [0.717, 1.165) is 38.1 Å². The van der Waals surface area contributed by atoms with Crippen molar-refractivity contribution in [1.82, 2.24) is 10.2 Å². The van der Waals surface area contributed by atoms with E-state index in [1.807, 2.05) is 7.05 Å². The molecule has 20 heavy (non-hydrogen) atoms. The maximum Gasteiger partial charge on any atom is 0.326 e. The maximum atomic E-state index is 12.2. The van der Waals surface area contributed by atoms with Crippen LogP contribution in [0.25, 0.3) is 0 Å². The number of ether oxygens (including phenoxy) is 1. The number of rotatable bonds is 6. The van der Waals surface area contributed by atoms with Crippen molar-refractivity contribution in [3.63, 3.8) is 0 Å². The molecule has 0 aromatic carbocycles. The van der Waals surface area contributed by atoms with Gasteiger partial charge in [0.2, 0.25) is 0 Å². The third-order valence-corrected chi connectivity index (χ3v) is 5.56. The summed E-state index contributed by atoms with van der Waals surface area (Å²) >= 11 is 0. The molecule has 116 valence electrons. The predicted molar refractivity (Wildman–Crippen MR) is 80.6 cm³/mol. The van der Waals surface area contributed by atoms with Gasteiger partial charge in [-0.25, -0.2) is 0 Å². The lowest BCUT2D eigenvalue weighted by molar-refractivity contribution is -0.150. The zero-order valence-corrected chi connectivity index (χ0v) is 13.3. The topological polar surface area (TPSA) is 41.6 Å². The molecule has 1 saturated heterocycles. The normalized spacial score (nSPS) is 34.5. The summed E-state index contributed by atoms with van der Waals surface area (Å²) in [6.45, 7) is 5.89. The Bertz CT molecular complexity index is 334. The predicted octanol–water partition coefficient (Wildman–Crippen LogP) is 2.04. The number of nitrogens with one attached hydrogen (secondary N) is 1. The van der Waals surface area contributed by atoms with Gasteiger partial charge in [-0.2, -0.15) is 0 Å². The van der Waals surface area contributed by atoms with Crippen LogP contribution in [0.15, 0.2) is 0 Å². The van der Waals surface area contributed by atoms with Gasteiger partial charge in [-0.1, -0.05) is 19.8 Å². The first-order valence-electron chi connectivity index (χ1n) is 8.16. The molecule has 2 aliphatic rings. The van der Waals surface area contributed by atoms with Crippen molar-refractivity contribution in [2.24, 2.45) is 11.8 Å². The number of carbonyl (C=O) groups excluding carboxylic acids is 1. The maximum absolute atomic E-state index is 12.2. The Hall–Kier alpha value is -0.610. The highest BCUT2D eigenvalue weighted by Gasteiger charge is 2.48. The minimum atomic E-state index is -0.432. The number of esters is 1. The molecule has 1 heterocycles. The van der Waals surface area contributed by atoms with Crippen molar-refractivity contribution < 1.29 is 9.53 Å². The van der Waals surface area contributed by atoms with Gasteiger partial charge in [-0.3, -0.25) is 4.79 Å². The molecule has 0 aromatic heterocycles. The van der Waals surface area contributed by atoms with Crippen molar-refractivity contribution in [3.05, 3.63) is 0 Å². The summed E-state index contributed by atoms with van der Waals surface area (Å²) in [6, 6.07) is 0. The molecule has 1 aliphatic carbocycles. The van der Waals surface area contributed by atoms with Crippen LogP contribution in [0.1, 0.15) is 45.4 Å². The second-order valence-electron chi connectivity index (χ2n) is 6.45. The summed E-state index contributed by atoms with van der Waals surface area (Å²) in [7, 11) is 3.40. The molecule has 0 radical (unpaired) electrons. The fourth-order valence-corrected chi connectivity index (χ4v) is 4.14. The quantitative estimate of drug-likeness (QED) is 0.757. The van der Waals surface area contributed by atoms with Crippen molar-refractivity contribution in [1.29, 1.82) is 0 Å². The number of hydrogen-bond donors (Lipinski definition) is 1. The molecule has 3 unspecified atom stereocenters. The van der Waals surface area contributed by atoms with E-state index in [1.54, 1.807) is 0 Å². The lowest BCUT2D eigenvalue weighted by Gasteiger charge is -2.33. The van der Waals surface area contributed by atoms with Crippen molar-refractivity contribution >= 4 is 5.97 Å². The highest BCUT2D eigenvalue weighted by atomic mass is 16.5. The van der Waals surface area contributed by atoms with Crippen molar-refractivity contribution in [2.45, 2.75) is 51.0 Å². The molecule has 1 N–H and O–H groups in total. The number of likely N-dealkylation sites (N-methyl/N-ethyl adjacent to an activating group) is 1. The second-order valence-corrected chi connectivity index (χ2v) is 6.45. The summed E-state index contributed by atoms with van der Waals surface area (Å²) in [6.07, 6.45) is 6.92. The smallest absolute Gasteiger partial charge is 0.326 e. The first-order valence-corrected chi connectivity index (χ1v) is 8.16. The highest BCUT2D eigenvalue weighted by molar-refractivity contribution is 5.81. The van der Waals surface area contributed by atoms with E-state index >= 15 is 0 Å². The van der Waals surface area contributed by atoms with Gasteiger partial charge in [-0.15, -0.1) is 0 Å². The van der Waals surface area contributed by atoms with Crippen LogP contribution in [0.3, 0.4) is 0 Å². The van der Waals surface area contributed by atoms with E-state index in [9.17, 15) is 4.79 Å². The summed E-state index contributed by atoms with van der Waals surface area (Å²) < 4.78 is 5.05. The van der Waals surface area contributed by atoms with Crippen LogP contribution in [0, 0.1) is 11.8 Å². The average molecular weight is 282 g/mol. The number of hydrogen-bond acceptors (Lipinski definition) is 4. The molecule has 4 heteroatoms. The molecule has 0 spiro atoms. The van der Waals surface area contributed by atoms with Gasteiger partial charge in [0, 0.05) is 6.54 Å². The molecule has 0 aromatic rings. The average Bonchev–Trinajstić information content (AvgIpc) is 3.10. The number of methoxy groups -OCH3 is 1. The van der Waals surface area contributed by atoms with E-state index in [-0.39, 0.29) is 5.97 Å². The molecule has 0 amide bonds. The summed E-state index contributed by atoms with van der Waals surface area (Å²) in [4.78, 5) is 14.7. The third kappa shape index (κ3) is 3.01. The van der Waals surface area contributed by atoms with Crippen molar-refractivity contribution in [2.75, 3.05) is 33.8 Å². The fourth-order valence-electron chi connectivity index (χ4n) is 4.14. The van der Waals surface area contributed by atoms with Crippen LogP contribution < -0.4 is 5.32 Å². The Balaban J connectivity index is 1.89. The Morgan fingerprint density at radius 3 is 2.85 bits per heavy atom. The van der Waals surface area contributed by atoms with Crippen LogP contribution in [-0.2, 0) is 9.53 Å². The van der Waals surface area contributed by atoms with Gasteiger partial charge in [0.25, 0.3) is 0 Å². The van der Waals surface area contributed by atoms with Gasteiger partial charge >= 0.3 is 5.97 Å². The van der Waals surface area contributed by atoms with Crippen LogP contribution in [0.4, 0.5) is 0 Å². The zero-order valence-electron chi connectivity index (χ0n) is 13.3. The number of nitrogens with zero attached hydrogens (tertiary/aromatic N) is 1. The summed E-state index contributed by atoms with van der Waals surface area (Å²) in [5, 5.41) is 3.28. The molecule has 3 atom stereocenters. The number of likely N-dealkylation sites (tertiary alicyclic amines) is 1. The molecule has 2 fully saturated rings. The lowest BCUT2D eigenvalue weighted by atomic mass is 9.84. The van der Waals surface area contributed by atoms with Crippen LogP contribution >= 0.6 is 0 Å². The van der Waals surface area contributed by atoms with E-state index in [0.29, 0.717) is 5.92 Å². The molecule has 1 saturated carbocycles. The van der Waals surface area contributed by atoms with E-state index in [1.165, 1.54) is 33.0 Å². The standard InChI is InChI=1S/C16H30N2O2/c1-4-13-7-10-18(12-13)11-8-14-6-5-9-16(14,17-2)15(19)20-3/h13-14,17H,4-12H2,1-3H3. The Morgan fingerprint density at radius 2 is 2.25 bits per heavy atom. The summed E-state index contributed by atoms with van der Waals surface area (Å²) in [5.41, 5.74) is -0.432. The monoisotopic (exact) mass is 282 g/mol. The van der Waals surface area contributed by atoms with E-state index in [2.05, 4.69) is 17.1 Å². The minimum Gasteiger partial charge on any atom is -0.468 e. The Morgan fingerprint density at radius 1 is 1.45 bits per heavy atom. The first-order chi connectivity index (χ1) is 9.66. The lowest BCUT2D eigenvalue weighted by Crippen LogP contribution is -2.54.